The highest BCUT2D eigenvalue weighted by Gasteiger charge is 2.12. The fourth-order valence-corrected chi connectivity index (χ4v) is 2.51. The van der Waals surface area contributed by atoms with E-state index in [1.807, 2.05) is 6.07 Å². The van der Waals surface area contributed by atoms with Gasteiger partial charge in [0, 0.05) is 25.2 Å². The molecule has 0 radical (unpaired) electrons. The molecule has 0 aliphatic heterocycles. The van der Waals surface area contributed by atoms with Crippen molar-refractivity contribution in [2.45, 2.75) is 6.42 Å². The van der Waals surface area contributed by atoms with E-state index in [0.717, 1.165) is 5.76 Å². The number of aromatic amines is 1. The maximum absolute atomic E-state index is 12.3. The predicted octanol–water partition coefficient (Wildman–Crippen LogP) is 1.74. The van der Waals surface area contributed by atoms with E-state index in [-0.39, 0.29) is 16.5 Å². The fourth-order valence-electron chi connectivity index (χ4n) is 2.31. The number of benzene rings is 1. The van der Waals surface area contributed by atoms with Gasteiger partial charge in [-0.1, -0.05) is 11.6 Å². The summed E-state index contributed by atoms with van der Waals surface area (Å²) in [5.74, 6) is 0.399. The maximum Gasteiger partial charge on any atom is 0.332 e. The lowest BCUT2D eigenvalue weighted by atomic mass is 10.1. The van der Waals surface area contributed by atoms with E-state index >= 15 is 0 Å². The molecule has 2 N–H and O–H groups in total. The van der Waals surface area contributed by atoms with E-state index in [2.05, 4.69) is 10.3 Å². The van der Waals surface area contributed by atoms with Gasteiger partial charge in [0.2, 0.25) is 0 Å². The Kier molecular flexibility index (Phi) is 4.85. The summed E-state index contributed by atoms with van der Waals surface area (Å²) in [5.41, 5.74) is -0.441. The number of halogens is 1. The zero-order valence-electron chi connectivity index (χ0n) is 13.0. The van der Waals surface area contributed by atoms with Crippen molar-refractivity contribution in [2.75, 3.05) is 6.54 Å². The van der Waals surface area contributed by atoms with Crippen LogP contribution in [0.1, 0.15) is 16.1 Å². The predicted molar refractivity (Wildman–Crippen MR) is 92.4 cm³/mol. The second-order valence-electron chi connectivity index (χ2n) is 5.23. The molecule has 0 atom stereocenters. The number of hydrogen-bond acceptors (Lipinski definition) is 4. The molecule has 2 heterocycles. The van der Waals surface area contributed by atoms with Gasteiger partial charge in [-0.25, -0.2) is 4.79 Å². The van der Waals surface area contributed by atoms with Crippen LogP contribution >= 0.6 is 11.6 Å². The highest BCUT2D eigenvalue weighted by atomic mass is 35.5. The minimum Gasteiger partial charge on any atom is -0.469 e. The van der Waals surface area contributed by atoms with Gasteiger partial charge in [-0.2, -0.15) is 0 Å². The summed E-state index contributed by atoms with van der Waals surface area (Å²) in [5, 5.41) is 3.01. The van der Waals surface area contributed by atoms with E-state index in [4.69, 9.17) is 16.0 Å². The van der Waals surface area contributed by atoms with Gasteiger partial charge >= 0.3 is 5.69 Å². The first-order chi connectivity index (χ1) is 12.0. The van der Waals surface area contributed by atoms with Crippen molar-refractivity contribution in [3.63, 3.8) is 0 Å². The fraction of sp³-hybridized carbons (Fsp3) is 0.118. The zero-order chi connectivity index (χ0) is 17.8. The van der Waals surface area contributed by atoms with Crippen LogP contribution in [-0.4, -0.2) is 22.0 Å². The smallest absolute Gasteiger partial charge is 0.332 e. The number of nitrogens with one attached hydrogen (secondary N) is 2. The van der Waals surface area contributed by atoms with E-state index in [1.54, 1.807) is 18.4 Å². The summed E-state index contributed by atoms with van der Waals surface area (Å²) >= 11 is 6.10. The van der Waals surface area contributed by atoms with Crippen molar-refractivity contribution in [1.82, 2.24) is 14.9 Å². The maximum atomic E-state index is 12.3. The normalized spacial score (nSPS) is 10.6. The summed E-state index contributed by atoms with van der Waals surface area (Å²) < 4.78 is 6.42. The molecule has 0 spiro atoms. The van der Waals surface area contributed by atoms with E-state index in [1.165, 1.54) is 29.0 Å². The van der Waals surface area contributed by atoms with Crippen molar-refractivity contribution >= 4 is 17.5 Å². The lowest BCUT2D eigenvalue weighted by Gasteiger charge is -2.10. The molecule has 3 rings (SSSR count). The number of carbonyl (C=O) groups is 1. The molecule has 128 valence electrons. The zero-order valence-corrected chi connectivity index (χ0v) is 13.7. The van der Waals surface area contributed by atoms with Gasteiger partial charge in [-0.3, -0.25) is 19.1 Å². The van der Waals surface area contributed by atoms with Crippen LogP contribution in [0.25, 0.3) is 5.69 Å². The standard InChI is InChI=1S/C17H14ClN3O4/c18-14-4-3-11(21-8-6-15(22)20-17(21)24)10-13(14)16(23)19-7-5-12-2-1-9-25-12/h1-4,6,8-10H,5,7H2,(H,19,23)(H,20,22,24). The number of carbonyl (C=O) groups excluding carboxylic acids is 1. The average Bonchev–Trinajstić information content (AvgIpc) is 3.09. The summed E-state index contributed by atoms with van der Waals surface area (Å²) in [7, 11) is 0. The summed E-state index contributed by atoms with van der Waals surface area (Å²) in [6.45, 7) is 0.380. The van der Waals surface area contributed by atoms with Gasteiger partial charge in [0.1, 0.15) is 5.76 Å². The highest BCUT2D eigenvalue weighted by molar-refractivity contribution is 6.33. The second kappa shape index (κ2) is 7.23. The first-order valence-electron chi connectivity index (χ1n) is 7.47. The molecule has 0 saturated carbocycles. The summed E-state index contributed by atoms with van der Waals surface area (Å²) in [6, 6.07) is 9.42. The SMILES string of the molecule is O=C(NCCc1ccco1)c1cc(-n2ccc(=O)[nH]c2=O)ccc1Cl. The first-order valence-corrected chi connectivity index (χ1v) is 7.85. The van der Waals surface area contributed by atoms with Crippen molar-refractivity contribution < 1.29 is 9.21 Å². The van der Waals surface area contributed by atoms with Crippen LogP contribution in [0.15, 0.2) is 62.9 Å². The van der Waals surface area contributed by atoms with Crippen LogP contribution < -0.4 is 16.6 Å². The number of rotatable bonds is 5. The molecule has 0 saturated heterocycles. The summed E-state index contributed by atoms with van der Waals surface area (Å²) in [4.78, 5) is 37.5. The number of nitrogens with zero attached hydrogens (tertiary/aromatic N) is 1. The third-order valence-corrected chi connectivity index (χ3v) is 3.86. The lowest BCUT2D eigenvalue weighted by Crippen LogP contribution is -2.28. The molecule has 3 aromatic rings. The number of H-pyrrole nitrogens is 1. The van der Waals surface area contributed by atoms with E-state index in [0.29, 0.717) is 18.7 Å². The van der Waals surface area contributed by atoms with E-state index < -0.39 is 11.2 Å². The molecule has 0 unspecified atom stereocenters. The molecular weight excluding hydrogens is 346 g/mol. The quantitative estimate of drug-likeness (QED) is 0.725. The number of furan rings is 1. The third kappa shape index (κ3) is 3.89. The molecule has 7 nitrogen and oxygen atoms in total. The topological polar surface area (TPSA) is 97.1 Å². The van der Waals surface area contributed by atoms with Crippen molar-refractivity contribution in [1.29, 1.82) is 0 Å². The monoisotopic (exact) mass is 359 g/mol. The van der Waals surface area contributed by atoms with Crippen LogP contribution in [0, 0.1) is 0 Å². The summed E-state index contributed by atoms with van der Waals surface area (Å²) in [6.07, 6.45) is 3.46. The van der Waals surface area contributed by atoms with Crippen LogP contribution in [0.3, 0.4) is 0 Å². The Hall–Kier alpha value is -3.06. The van der Waals surface area contributed by atoms with Gasteiger partial charge in [-0.05, 0) is 30.3 Å². The molecular formula is C17H14ClN3O4. The Bertz CT molecular complexity index is 1010. The van der Waals surface area contributed by atoms with Gasteiger partial charge in [0.15, 0.2) is 0 Å². The molecule has 25 heavy (non-hydrogen) atoms. The Labute approximate surface area is 146 Å². The molecule has 0 aliphatic rings. The van der Waals surface area contributed by atoms with Crippen LogP contribution in [0.5, 0.6) is 0 Å². The van der Waals surface area contributed by atoms with Crippen molar-refractivity contribution in [3.8, 4) is 5.69 Å². The molecule has 1 amide bonds. The molecule has 8 heteroatoms. The molecule has 1 aromatic carbocycles. The number of hydrogen-bond donors (Lipinski definition) is 2. The molecule has 0 aliphatic carbocycles. The van der Waals surface area contributed by atoms with Gasteiger partial charge in [-0.15, -0.1) is 0 Å². The third-order valence-electron chi connectivity index (χ3n) is 3.53. The van der Waals surface area contributed by atoms with Crippen molar-refractivity contribution in [2.24, 2.45) is 0 Å². The Morgan fingerprint density at radius 2 is 2.08 bits per heavy atom. The van der Waals surface area contributed by atoms with Gasteiger partial charge in [0.05, 0.1) is 22.5 Å². The molecule has 0 fully saturated rings. The molecule has 0 bridgehead atoms. The van der Waals surface area contributed by atoms with Crippen LogP contribution in [0.2, 0.25) is 5.02 Å². The highest BCUT2D eigenvalue weighted by Crippen LogP contribution is 2.19. The molecule has 2 aromatic heterocycles. The minimum atomic E-state index is -0.598. The lowest BCUT2D eigenvalue weighted by molar-refractivity contribution is 0.0954. The largest absolute Gasteiger partial charge is 0.469 e. The van der Waals surface area contributed by atoms with Crippen LogP contribution in [0.4, 0.5) is 0 Å². The Morgan fingerprint density at radius 1 is 1.24 bits per heavy atom. The van der Waals surface area contributed by atoms with Gasteiger partial charge in [0.25, 0.3) is 11.5 Å². The number of aromatic nitrogens is 2. The number of amides is 1. The van der Waals surface area contributed by atoms with Crippen molar-refractivity contribution in [3.05, 3.63) is 86.0 Å². The average molecular weight is 360 g/mol. The van der Waals surface area contributed by atoms with Gasteiger partial charge < -0.3 is 9.73 Å². The second-order valence-corrected chi connectivity index (χ2v) is 5.64. The Balaban J connectivity index is 1.80. The first kappa shape index (κ1) is 16.8. The minimum absolute atomic E-state index is 0.233. The van der Waals surface area contributed by atoms with Crippen LogP contribution in [-0.2, 0) is 6.42 Å². The Morgan fingerprint density at radius 3 is 2.80 bits per heavy atom. The van der Waals surface area contributed by atoms with E-state index in [9.17, 15) is 14.4 Å².